The monoisotopic (exact) mass is 493 g/mol. The van der Waals surface area contributed by atoms with E-state index in [0.717, 1.165) is 9.60 Å². The average molecular weight is 494 g/mol. The lowest BCUT2D eigenvalue weighted by Crippen LogP contribution is -2.29. The molecule has 10 heteroatoms. The third-order valence-electron chi connectivity index (χ3n) is 5.35. The minimum atomic E-state index is -3.87. The van der Waals surface area contributed by atoms with Crippen molar-refractivity contribution in [3.05, 3.63) is 83.4 Å². The molecule has 1 N–H and O–H groups in total. The Bertz CT molecular complexity index is 1490. The Hall–Kier alpha value is -3.76. The van der Waals surface area contributed by atoms with Crippen LogP contribution >= 0.6 is 11.3 Å². The van der Waals surface area contributed by atoms with Gasteiger partial charge in [-0.15, -0.1) is 0 Å². The highest BCUT2D eigenvalue weighted by atomic mass is 32.2. The SMILES string of the molecule is CCOc1ccc2nc(NS(=O)(=O)c3ccc(CN4C(=O)c5ccccc5C4=O)cc3)sc2c1. The number of carbonyl (C=O) groups is 2. The predicted octanol–water partition coefficient (Wildman–Crippen LogP) is 4.29. The van der Waals surface area contributed by atoms with Gasteiger partial charge in [0.05, 0.1) is 39.4 Å². The highest BCUT2D eigenvalue weighted by molar-refractivity contribution is 7.93. The second-order valence-electron chi connectivity index (χ2n) is 7.57. The van der Waals surface area contributed by atoms with Gasteiger partial charge in [-0.3, -0.25) is 19.2 Å². The number of nitrogens with one attached hydrogen (secondary N) is 1. The first-order chi connectivity index (χ1) is 16.4. The molecule has 0 bridgehead atoms. The Morgan fingerprint density at radius 3 is 2.29 bits per heavy atom. The van der Waals surface area contributed by atoms with Crippen molar-refractivity contribution in [3.63, 3.8) is 0 Å². The van der Waals surface area contributed by atoms with E-state index in [0.29, 0.717) is 34.6 Å². The number of rotatable bonds is 7. The van der Waals surface area contributed by atoms with Crippen LogP contribution in [0.25, 0.3) is 10.2 Å². The average Bonchev–Trinajstić information content (AvgIpc) is 3.32. The van der Waals surface area contributed by atoms with E-state index in [1.807, 2.05) is 13.0 Å². The van der Waals surface area contributed by atoms with Crippen LogP contribution in [0.4, 0.5) is 5.13 Å². The zero-order valence-electron chi connectivity index (χ0n) is 18.0. The summed E-state index contributed by atoms with van der Waals surface area (Å²) in [6.07, 6.45) is 0. The van der Waals surface area contributed by atoms with Crippen LogP contribution < -0.4 is 9.46 Å². The number of sulfonamides is 1. The van der Waals surface area contributed by atoms with Gasteiger partial charge in [-0.2, -0.15) is 0 Å². The number of thiazole rings is 1. The van der Waals surface area contributed by atoms with Gasteiger partial charge in [-0.1, -0.05) is 35.6 Å². The zero-order valence-corrected chi connectivity index (χ0v) is 19.7. The minimum Gasteiger partial charge on any atom is -0.494 e. The first kappa shape index (κ1) is 22.1. The van der Waals surface area contributed by atoms with Crippen LogP contribution in [0.3, 0.4) is 0 Å². The molecule has 1 aromatic heterocycles. The zero-order chi connectivity index (χ0) is 23.9. The summed E-state index contributed by atoms with van der Waals surface area (Å²) in [7, 11) is -3.87. The fourth-order valence-corrected chi connectivity index (χ4v) is 5.85. The van der Waals surface area contributed by atoms with Crippen molar-refractivity contribution in [3.8, 4) is 5.75 Å². The number of ether oxygens (including phenoxy) is 1. The fraction of sp³-hybridized carbons (Fsp3) is 0.125. The standard InChI is InChI=1S/C24H19N3O5S2/c1-2-32-16-9-12-20-21(13-16)33-24(25-20)26-34(30,31)17-10-7-15(8-11-17)14-27-22(28)18-5-3-4-6-19(18)23(27)29/h3-13H,2,14H2,1H3,(H,25,26). The molecule has 2 amide bonds. The van der Waals surface area contributed by atoms with Crippen LogP contribution in [0.15, 0.2) is 71.6 Å². The van der Waals surface area contributed by atoms with Crippen molar-refractivity contribution in [2.75, 3.05) is 11.3 Å². The quantitative estimate of drug-likeness (QED) is 0.385. The first-order valence-corrected chi connectivity index (χ1v) is 12.8. The summed E-state index contributed by atoms with van der Waals surface area (Å²) >= 11 is 1.21. The Kier molecular flexibility index (Phi) is 5.54. The summed E-state index contributed by atoms with van der Waals surface area (Å²) in [6, 6.07) is 18.1. The number of hydrogen-bond donors (Lipinski definition) is 1. The van der Waals surface area contributed by atoms with Gasteiger partial charge in [0.2, 0.25) is 0 Å². The van der Waals surface area contributed by atoms with Crippen molar-refractivity contribution in [2.24, 2.45) is 0 Å². The van der Waals surface area contributed by atoms with Gasteiger partial charge in [0.1, 0.15) is 5.75 Å². The molecule has 1 aliphatic rings. The Labute approximate surface area is 199 Å². The van der Waals surface area contributed by atoms with Gasteiger partial charge >= 0.3 is 0 Å². The second kappa shape index (κ2) is 8.54. The smallest absolute Gasteiger partial charge is 0.263 e. The van der Waals surface area contributed by atoms with Crippen molar-refractivity contribution < 1.29 is 22.7 Å². The van der Waals surface area contributed by atoms with Crippen molar-refractivity contribution in [1.82, 2.24) is 9.88 Å². The number of benzene rings is 3. The molecule has 172 valence electrons. The van der Waals surface area contributed by atoms with Gasteiger partial charge in [0.15, 0.2) is 5.13 Å². The van der Waals surface area contributed by atoms with Crippen LogP contribution in [0, 0.1) is 0 Å². The Balaban J connectivity index is 1.31. The number of carbonyl (C=O) groups excluding carboxylic acids is 2. The van der Waals surface area contributed by atoms with Crippen LogP contribution in [0.2, 0.25) is 0 Å². The topological polar surface area (TPSA) is 106 Å². The van der Waals surface area contributed by atoms with Crippen LogP contribution in [-0.2, 0) is 16.6 Å². The molecule has 0 spiro atoms. The normalized spacial score (nSPS) is 13.4. The van der Waals surface area contributed by atoms with E-state index in [1.54, 1.807) is 48.5 Å². The van der Waals surface area contributed by atoms with Crippen LogP contribution in [-0.4, -0.2) is 36.7 Å². The van der Waals surface area contributed by atoms with Crippen molar-refractivity contribution in [1.29, 1.82) is 0 Å². The molecule has 4 aromatic rings. The number of imide groups is 1. The largest absolute Gasteiger partial charge is 0.494 e. The molecular weight excluding hydrogens is 474 g/mol. The highest BCUT2D eigenvalue weighted by Gasteiger charge is 2.35. The Morgan fingerprint density at radius 2 is 1.65 bits per heavy atom. The summed E-state index contributed by atoms with van der Waals surface area (Å²) in [5.74, 6) is -0.0219. The summed E-state index contributed by atoms with van der Waals surface area (Å²) in [6.45, 7) is 2.48. The molecule has 0 unspecified atom stereocenters. The van der Waals surface area contributed by atoms with Gasteiger partial charge in [-0.25, -0.2) is 13.4 Å². The van der Waals surface area contributed by atoms with Gasteiger partial charge in [0.25, 0.3) is 21.8 Å². The summed E-state index contributed by atoms with van der Waals surface area (Å²) < 4.78 is 34.5. The summed E-state index contributed by atoms with van der Waals surface area (Å²) in [4.78, 5) is 30.7. The third kappa shape index (κ3) is 4.02. The van der Waals surface area contributed by atoms with Gasteiger partial charge < -0.3 is 4.74 Å². The maximum atomic E-state index is 12.9. The molecule has 0 fully saturated rings. The molecule has 0 saturated carbocycles. The Morgan fingerprint density at radius 1 is 0.971 bits per heavy atom. The molecule has 0 saturated heterocycles. The number of nitrogens with zero attached hydrogens (tertiary/aromatic N) is 2. The van der Waals surface area contributed by atoms with E-state index < -0.39 is 10.0 Å². The van der Waals surface area contributed by atoms with E-state index in [1.165, 1.54) is 23.5 Å². The lowest BCUT2D eigenvalue weighted by Gasteiger charge is -2.14. The summed E-state index contributed by atoms with van der Waals surface area (Å²) in [5, 5.41) is 0.249. The molecule has 8 nitrogen and oxygen atoms in total. The van der Waals surface area contributed by atoms with Gasteiger partial charge in [0, 0.05) is 0 Å². The third-order valence-corrected chi connectivity index (χ3v) is 7.76. The molecule has 3 aromatic carbocycles. The van der Waals surface area contributed by atoms with Crippen molar-refractivity contribution >= 4 is 48.5 Å². The molecular formula is C24H19N3O5S2. The van der Waals surface area contributed by atoms with E-state index in [9.17, 15) is 18.0 Å². The predicted molar refractivity (Wildman–Crippen MR) is 129 cm³/mol. The molecule has 34 heavy (non-hydrogen) atoms. The second-order valence-corrected chi connectivity index (χ2v) is 10.3. The maximum absolute atomic E-state index is 12.9. The number of amides is 2. The number of aromatic nitrogens is 1. The minimum absolute atomic E-state index is 0.0490. The van der Waals surface area contributed by atoms with Crippen molar-refractivity contribution in [2.45, 2.75) is 18.4 Å². The number of fused-ring (bicyclic) bond motifs is 2. The lowest BCUT2D eigenvalue weighted by atomic mass is 10.1. The van der Waals surface area contributed by atoms with E-state index in [-0.39, 0.29) is 28.4 Å². The summed E-state index contributed by atoms with van der Waals surface area (Å²) in [5.41, 5.74) is 2.06. The number of hydrogen-bond acceptors (Lipinski definition) is 7. The van der Waals surface area contributed by atoms with E-state index >= 15 is 0 Å². The molecule has 0 aliphatic carbocycles. The lowest BCUT2D eigenvalue weighted by molar-refractivity contribution is 0.0642. The molecule has 0 radical (unpaired) electrons. The highest BCUT2D eigenvalue weighted by Crippen LogP contribution is 2.31. The van der Waals surface area contributed by atoms with Crippen LogP contribution in [0.1, 0.15) is 33.2 Å². The molecule has 0 atom stereocenters. The number of anilines is 1. The van der Waals surface area contributed by atoms with Crippen LogP contribution in [0.5, 0.6) is 5.75 Å². The molecule has 2 heterocycles. The fourth-order valence-electron chi connectivity index (χ4n) is 3.72. The van der Waals surface area contributed by atoms with E-state index in [4.69, 9.17) is 4.74 Å². The van der Waals surface area contributed by atoms with Gasteiger partial charge in [-0.05, 0) is 55.0 Å². The van der Waals surface area contributed by atoms with E-state index in [2.05, 4.69) is 9.71 Å². The molecule has 5 rings (SSSR count). The molecule has 1 aliphatic heterocycles. The maximum Gasteiger partial charge on any atom is 0.263 e. The first-order valence-electron chi connectivity index (χ1n) is 10.5.